The fraction of sp³-hybridized carbons (Fsp3) is 0.300. The third-order valence-electron chi connectivity index (χ3n) is 5.09. The van der Waals surface area contributed by atoms with Gasteiger partial charge in [-0.05, 0) is 56.8 Å². The summed E-state index contributed by atoms with van der Waals surface area (Å²) in [7, 11) is 4.13. The number of fused-ring (bicyclic) bond motifs is 5. The summed E-state index contributed by atoms with van der Waals surface area (Å²) in [6, 6.07) is 13.2. The molecule has 5 rings (SSSR count). The first kappa shape index (κ1) is 14.7. The Morgan fingerprint density at radius 3 is 2.80 bits per heavy atom. The van der Waals surface area contributed by atoms with Gasteiger partial charge in [0, 0.05) is 12.1 Å². The van der Waals surface area contributed by atoms with Gasteiger partial charge in [-0.2, -0.15) is 0 Å². The molecular weight excluding hydrogens is 310 g/mol. The Morgan fingerprint density at radius 1 is 1.08 bits per heavy atom. The molecule has 0 radical (unpaired) electrons. The fourth-order valence-electron chi connectivity index (χ4n) is 4.05. The number of para-hydroxylation sites is 1. The van der Waals surface area contributed by atoms with Gasteiger partial charge in [0.25, 0.3) is 0 Å². The maximum Gasteiger partial charge on any atom is 0.170 e. The smallest absolute Gasteiger partial charge is 0.170 e. The molecule has 0 aliphatic carbocycles. The Morgan fingerprint density at radius 2 is 1.96 bits per heavy atom. The van der Waals surface area contributed by atoms with Crippen molar-refractivity contribution in [1.82, 2.24) is 19.7 Å². The van der Waals surface area contributed by atoms with E-state index < -0.39 is 0 Å². The minimum Gasteiger partial charge on any atom is -0.339 e. The van der Waals surface area contributed by atoms with E-state index in [2.05, 4.69) is 82.0 Å². The first-order valence-corrected chi connectivity index (χ1v) is 8.73. The van der Waals surface area contributed by atoms with Crippen LogP contribution in [0.25, 0.3) is 17.1 Å². The van der Waals surface area contributed by atoms with Crippen molar-refractivity contribution in [3.05, 3.63) is 53.3 Å². The van der Waals surface area contributed by atoms with E-state index in [0.29, 0.717) is 0 Å². The molecule has 2 aliphatic heterocycles. The van der Waals surface area contributed by atoms with Crippen LogP contribution >= 0.6 is 0 Å². The summed E-state index contributed by atoms with van der Waals surface area (Å²) >= 11 is 0. The molecule has 25 heavy (non-hydrogen) atoms. The largest absolute Gasteiger partial charge is 0.339 e. The van der Waals surface area contributed by atoms with Gasteiger partial charge in [-0.15, -0.1) is 10.2 Å². The van der Waals surface area contributed by atoms with E-state index in [1.54, 1.807) is 0 Å². The lowest BCUT2D eigenvalue weighted by Crippen LogP contribution is -2.17. The predicted molar refractivity (Wildman–Crippen MR) is 99.6 cm³/mol. The number of nitrogens with zero attached hydrogens (tertiary/aromatic N) is 5. The van der Waals surface area contributed by atoms with Crippen molar-refractivity contribution < 1.29 is 0 Å². The second-order valence-corrected chi connectivity index (χ2v) is 7.22. The Labute approximate surface area is 147 Å². The third kappa shape index (κ3) is 2.05. The second kappa shape index (κ2) is 5.17. The molecule has 5 heteroatoms. The molecule has 0 N–H and O–H groups in total. The molecule has 0 amide bonds. The molecule has 0 spiro atoms. The molecule has 0 unspecified atom stereocenters. The van der Waals surface area contributed by atoms with Gasteiger partial charge < -0.3 is 9.80 Å². The molecule has 2 aromatic carbocycles. The summed E-state index contributed by atoms with van der Waals surface area (Å²) < 4.78 is 2.25. The number of benzene rings is 2. The highest BCUT2D eigenvalue weighted by Gasteiger charge is 2.32. The molecule has 0 fully saturated rings. The first-order valence-electron chi connectivity index (χ1n) is 8.73. The number of hydrogen-bond acceptors (Lipinski definition) is 4. The number of aromatic nitrogens is 3. The van der Waals surface area contributed by atoms with E-state index in [0.717, 1.165) is 31.2 Å². The van der Waals surface area contributed by atoms with Crippen LogP contribution in [0.3, 0.4) is 0 Å². The van der Waals surface area contributed by atoms with Crippen molar-refractivity contribution >= 4 is 11.4 Å². The normalized spacial score (nSPS) is 14.3. The van der Waals surface area contributed by atoms with Crippen LogP contribution in [0.15, 0.2) is 36.4 Å². The van der Waals surface area contributed by atoms with Gasteiger partial charge in [0.1, 0.15) is 0 Å². The molecule has 0 saturated carbocycles. The Hall–Kier alpha value is -2.66. The average molecular weight is 331 g/mol. The molecule has 0 atom stereocenters. The van der Waals surface area contributed by atoms with E-state index in [4.69, 9.17) is 0 Å². The Balaban J connectivity index is 1.88. The maximum atomic E-state index is 4.60. The summed E-state index contributed by atoms with van der Waals surface area (Å²) in [5, 5.41) is 9.14. The highest BCUT2D eigenvalue weighted by molar-refractivity contribution is 5.89. The SMILES string of the molecule is Cc1ccc2c(c1)-n1c(CN(C)C)nnc1-c1cccc3c1N2CC3. The van der Waals surface area contributed by atoms with Crippen molar-refractivity contribution in [2.45, 2.75) is 19.9 Å². The number of aryl methyl sites for hydroxylation is 1. The summed E-state index contributed by atoms with van der Waals surface area (Å²) in [6.07, 6.45) is 1.08. The zero-order chi connectivity index (χ0) is 17.1. The maximum absolute atomic E-state index is 4.60. The number of hydrogen-bond donors (Lipinski definition) is 0. The lowest BCUT2D eigenvalue weighted by atomic mass is 10.1. The summed E-state index contributed by atoms with van der Waals surface area (Å²) in [5.41, 5.74) is 7.56. The van der Waals surface area contributed by atoms with Crippen molar-refractivity contribution in [3.8, 4) is 17.1 Å². The zero-order valence-electron chi connectivity index (χ0n) is 14.8. The molecule has 2 aliphatic rings. The molecule has 126 valence electrons. The molecular formula is C20H21N5. The number of anilines is 2. The second-order valence-electron chi connectivity index (χ2n) is 7.22. The first-order chi connectivity index (χ1) is 12.1. The van der Waals surface area contributed by atoms with E-state index in [9.17, 15) is 0 Å². The van der Waals surface area contributed by atoms with Crippen LogP contribution in [-0.2, 0) is 13.0 Å². The van der Waals surface area contributed by atoms with Gasteiger partial charge in [0.05, 0.1) is 23.6 Å². The van der Waals surface area contributed by atoms with Crippen LogP contribution in [-0.4, -0.2) is 40.3 Å². The fourth-order valence-corrected chi connectivity index (χ4v) is 4.05. The molecule has 0 saturated heterocycles. The van der Waals surface area contributed by atoms with E-state index in [-0.39, 0.29) is 0 Å². The van der Waals surface area contributed by atoms with Crippen molar-refractivity contribution in [2.24, 2.45) is 0 Å². The monoisotopic (exact) mass is 331 g/mol. The van der Waals surface area contributed by atoms with E-state index in [1.165, 1.54) is 33.8 Å². The van der Waals surface area contributed by atoms with Crippen LogP contribution in [0.1, 0.15) is 17.0 Å². The summed E-state index contributed by atoms with van der Waals surface area (Å²) in [4.78, 5) is 4.59. The van der Waals surface area contributed by atoms with Crippen molar-refractivity contribution in [1.29, 1.82) is 0 Å². The highest BCUT2D eigenvalue weighted by Crippen LogP contribution is 2.47. The highest BCUT2D eigenvalue weighted by atomic mass is 15.3. The Bertz CT molecular complexity index is 986. The topological polar surface area (TPSA) is 37.2 Å². The number of rotatable bonds is 2. The van der Waals surface area contributed by atoms with Gasteiger partial charge in [0.15, 0.2) is 11.6 Å². The summed E-state index contributed by atoms with van der Waals surface area (Å²) in [5.74, 6) is 1.93. The quantitative estimate of drug-likeness (QED) is 0.722. The molecule has 0 bridgehead atoms. The molecule has 3 heterocycles. The van der Waals surface area contributed by atoms with Gasteiger partial charge in [-0.3, -0.25) is 4.57 Å². The van der Waals surface area contributed by atoms with Crippen LogP contribution in [0.2, 0.25) is 0 Å². The van der Waals surface area contributed by atoms with Crippen LogP contribution in [0.5, 0.6) is 0 Å². The lowest BCUT2D eigenvalue weighted by Gasteiger charge is -2.22. The van der Waals surface area contributed by atoms with Gasteiger partial charge in [0.2, 0.25) is 0 Å². The van der Waals surface area contributed by atoms with Crippen molar-refractivity contribution in [3.63, 3.8) is 0 Å². The standard InChI is InChI=1S/C20H21N5/c1-13-7-8-16-17(11-13)25-18(12-23(2)3)21-22-20(25)15-6-4-5-14-9-10-24(16)19(14)15/h4-8,11H,9-10,12H2,1-3H3. The van der Waals surface area contributed by atoms with Crippen LogP contribution < -0.4 is 4.90 Å². The molecule has 5 nitrogen and oxygen atoms in total. The van der Waals surface area contributed by atoms with E-state index in [1.807, 2.05) is 0 Å². The third-order valence-corrected chi connectivity index (χ3v) is 5.09. The minimum absolute atomic E-state index is 0.759. The van der Waals surface area contributed by atoms with Gasteiger partial charge in [-0.25, -0.2) is 0 Å². The predicted octanol–water partition coefficient (Wildman–Crippen LogP) is 3.31. The lowest BCUT2D eigenvalue weighted by molar-refractivity contribution is 0.387. The van der Waals surface area contributed by atoms with Crippen LogP contribution in [0, 0.1) is 6.92 Å². The molecule has 3 aromatic rings. The van der Waals surface area contributed by atoms with Gasteiger partial charge in [-0.1, -0.05) is 18.2 Å². The van der Waals surface area contributed by atoms with Gasteiger partial charge >= 0.3 is 0 Å². The zero-order valence-corrected chi connectivity index (χ0v) is 14.8. The minimum atomic E-state index is 0.759. The van der Waals surface area contributed by atoms with Crippen LogP contribution in [0.4, 0.5) is 11.4 Å². The molecule has 1 aromatic heterocycles. The van der Waals surface area contributed by atoms with E-state index >= 15 is 0 Å². The Kier molecular flexibility index (Phi) is 3.03. The summed E-state index contributed by atoms with van der Waals surface area (Å²) in [6.45, 7) is 3.92. The van der Waals surface area contributed by atoms with Crippen molar-refractivity contribution in [2.75, 3.05) is 25.5 Å². The average Bonchev–Trinajstić information content (AvgIpc) is 3.15.